The number of piperidine rings is 1. The second-order valence-electron chi connectivity index (χ2n) is 5.52. The number of amides is 1. The highest BCUT2D eigenvalue weighted by Gasteiger charge is 2.15. The van der Waals surface area contributed by atoms with E-state index in [0.29, 0.717) is 12.1 Å². The summed E-state index contributed by atoms with van der Waals surface area (Å²) in [5, 5.41) is 2.85. The van der Waals surface area contributed by atoms with Gasteiger partial charge in [-0.2, -0.15) is 0 Å². The fourth-order valence-corrected chi connectivity index (χ4v) is 2.40. The summed E-state index contributed by atoms with van der Waals surface area (Å²) in [4.78, 5) is 14.3. The van der Waals surface area contributed by atoms with Crippen LogP contribution in [0.3, 0.4) is 0 Å². The highest BCUT2D eigenvalue weighted by molar-refractivity contribution is 5.95. The van der Waals surface area contributed by atoms with Gasteiger partial charge in [0.2, 0.25) is 0 Å². The number of nitrogens with zero attached hydrogens (tertiary/aromatic N) is 1. The third kappa shape index (κ3) is 3.93. The van der Waals surface area contributed by atoms with Gasteiger partial charge in [-0.15, -0.1) is 0 Å². The van der Waals surface area contributed by atoms with Gasteiger partial charge in [0.05, 0.1) is 5.69 Å². The molecular weight excluding hydrogens is 257 g/mol. The topological polar surface area (TPSA) is 58.4 Å². The number of hydrogen-bond acceptors (Lipinski definition) is 3. The van der Waals surface area contributed by atoms with Crippen LogP contribution in [0.5, 0.6) is 0 Å². The Balaban J connectivity index is 1.76. The molecule has 2 rings (SSSR count). The lowest BCUT2D eigenvalue weighted by atomic mass is 9.99. The van der Waals surface area contributed by atoms with E-state index in [4.69, 9.17) is 5.73 Å². The Morgan fingerprint density at radius 2 is 2.15 bits per heavy atom. The molecule has 0 atom stereocenters. The average Bonchev–Trinajstić information content (AvgIpc) is 2.44. The van der Waals surface area contributed by atoms with Crippen molar-refractivity contribution in [2.24, 2.45) is 5.92 Å². The molecule has 1 aliphatic rings. The molecule has 0 bridgehead atoms. The summed E-state index contributed by atoms with van der Waals surface area (Å²) in [7, 11) is 0. The van der Waals surface area contributed by atoms with Crippen molar-refractivity contribution in [1.29, 1.82) is 0 Å². The van der Waals surface area contributed by atoms with Gasteiger partial charge in [0.15, 0.2) is 0 Å². The number of hydrogen-bond donors (Lipinski definition) is 2. The summed E-state index contributed by atoms with van der Waals surface area (Å²) in [5.41, 5.74) is 5.86. The van der Waals surface area contributed by atoms with Gasteiger partial charge >= 0.3 is 0 Å². The summed E-state index contributed by atoms with van der Waals surface area (Å²) in [6, 6.07) is 4.03. The van der Waals surface area contributed by atoms with Gasteiger partial charge in [0.1, 0.15) is 5.82 Å². The Bertz CT molecular complexity index is 470. The number of nitrogen functional groups attached to an aromatic ring is 1. The monoisotopic (exact) mass is 279 g/mol. The molecule has 3 N–H and O–H groups in total. The zero-order valence-corrected chi connectivity index (χ0v) is 11.9. The minimum atomic E-state index is -0.496. The zero-order chi connectivity index (χ0) is 14.5. The van der Waals surface area contributed by atoms with Gasteiger partial charge in [-0.1, -0.05) is 6.92 Å². The van der Waals surface area contributed by atoms with E-state index in [0.717, 1.165) is 25.6 Å². The molecule has 0 spiro atoms. The number of nitrogens with one attached hydrogen (secondary N) is 1. The Hall–Kier alpha value is -1.62. The molecule has 20 heavy (non-hydrogen) atoms. The Kier molecular flexibility index (Phi) is 4.95. The second kappa shape index (κ2) is 6.70. The van der Waals surface area contributed by atoms with Crippen LogP contribution in [-0.2, 0) is 0 Å². The second-order valence-corrected chi connectivity index (χ2v) is 5.52. The number of halogens is 1. The highest BCUT2D eigenvalue weighted by atomic mass is 19.1. The van der Waals surface area contributed by atoms with Crippen LogP contribution in [0.25, 0.3) is 0 Å². The van der Waals surface area contributed by atoms with E-state index in [2.05, 4.69) is 17.1 Å². The maximum atomic E-state index is 13.0. The largest absolute Gasteiger partial charge is 0.396 e. The molecule has 0 aromatic heterocycles. The third-order valence-corrected chi connectivity index (χ3v) is 3.85. The predicted molar refractivity (Wildman–Crippen MR) is 78.0 cm³/mol. The first kappa shape index (κ1) is 14.8. The van der Waals surface area contributed by atoms with Gasteiger partial charge < -0.3 is 16.0 Å². The molecule has 1 aromatic rings. The Morgan fingerprint density at radius 3 is 2.80 bits per heavy atom. The van der Waals surface area contributed by atoms with Crippen LogP contribution in [0.1, 0.15) is 30.1 Å². The fourth-order valence-electron chi connectivity index (χ4n) is 2.40. The van der Waals surface area contributed by atoms with Crippen LogP contribution in [0.4, 0.5) is 10.1 Å². The Labute approximate surface area is 119 Å². The van der Waals surface area contributed by atoms with Gasteiger partial charge in [0, 0.05) is 18.7 Å². The minimum Gasteiger partial charge on any atom is -0.396 e. The lowest BCUT2D eigenvalue weighted by Gasteiger charge is -2.30. The molecule has 0 aliphatic carbocycles. The minimum absolute atomic E-state index is 0.00247. The van der Waals surface area contributed by atoms with Crippen molar-refractivity contribution in [3.8, 4) is 0 Å². The molecule has 110 valence electrons. The molecular formula is C15H22FN3O. The number of nitrogens with two attached hydrogens (primary N) is 1. The van der Waals surface area contributed by atoms with Crippen molar-refractivity contribution < 1.29 is 9.18 Å². The van der Waals surface area contributed by atoms with E-state index in [1.54, 1.807) is 0 Å². The van der Waals surface area contributed by atoms with E-state index in [1.807, 2.05) is 0 Å². The lowest BCUT2D eigenvalue weighted by Crippen LogP contribution is -2.39. The van der Waals surface area contributed by atoms with E-state index < -0.39 is 5.82 Å². The number of likely N-dealkylation sites (tertiary alicyclic amines) is 1. The summed E-state index contributed by atoms with van der Waals surface area (Å²) in [6.45, 7) is 5.93. The SMILES string of the molecule is CC1CCN(CCNC(=O)c2ccc(F)c(N)c2)CC1. The standard InChI is InChI=1S/C15H22FN3O/c1-11-4-7-19(8-5-11)9-6-18-15(20)12-2-3-13(16)14(17)10-12/h2-3,10-11H,4-9,17H2,1H3,(H,18,20). The van der Waals surface area contributed by atoms with E-state index in [9.17, 15) is 9.18 Å². The first-order valence-electron chi connectivity index (χ1n) is 7.12. The van der Waals surface area contributed by atoms with E-state index >= 15 is 0 Å². The molecule has 1 aliphatic heterocycles. The van der Waals surface area contributed by atoms with Crippen LogP contribution in [-0.4, -0.2) is 37.0 Å². The van der Waals surface area contributed by atoms with Crippen LogP contribution in [0, 0.1) is 11.7 Å². The number of rotatable bonds is 4. The molecule has 1 heterocycles. The van der Waals surface area contributed by atoms with Crippen LogP contribution in [0.2, 0.25) is 0 Å². The van der Waals surface area contributed by atoms with Crippen molar-refractivity contribution in [1.82, 2.24) is 10.2 Å². The van der Waals surface area contributed by atoms with E-state index in [-0.39, 0.29) is 11.6 Å². The third-order valence-electron chi connectivity index (χ3n) is 3.85. The molecule has 1 amide bonds. The van der Waals surface area contributed by atoms with Crippen LogP contribution >= 0.6 is 0 Å². The normalized spacial score (nSPS) is 17.1. The molecule has 1 saturated heterocycles. The van der Waals surface area contributed by atoms with Crippen LogP contribution in [0.15, 0.2) is 18.2 Å². The molecule has 1 aromatic carbocycles. The van der Waals surface area contributed by atoms with Crippen molar-refractivity contribution >= 4 is 11.6 Å². The first-order valence-corrected chi connectivity index (χ1v) is 7.12. The maximum absolute atomic E-state index is 13.0. The number of carbonyl (C=O) groups is 1. The Morgan fingerprint density at radius 1 is 1.45 bits per heavy atom. The fraction of sp³-hybridized carbons (Fsp3) is 0.533. The van der Waals surface area contributed by atoms with Gasteiger partial charge in [-0.05, 0) is 50.0 Å². The van der Waals surface area contributed by atoms with Crippen molar-refractivity contribution in [3.05, 3.63) is 29.6 Å². The summed E-state index contributed by atoms with van der Waals surface area (Å²) >= 11 is 0. The maximum Gasteiger partial charge on any atom is 0.251 e. The smallest absolute Gasteiger partial charge is 0.251 e. The van der Waals surface area contributed by atoms with Gasteiger partial charge in [0.25, 0.3) is 5.91 Å². The number of benzene rings is 1. The van der Waals surface area contributed by atoms with Crippen molar-refractivity contribution in [2.75, 3.05) is 31.9 Å². The van der Waals surface area contributed by atoms with Crippen LogP contribution < -0.4 is 11.1 Å². The molecule has 5 heteroatoms. The van der Waals surface area contributed by atoms with E-state index in [1.165, 1.54) is 31.0 Å². The molecule has 1 fully saturated rings. The summed E-state index contributed by atoms with van der Waals surface area (Å²) in [5.74, 6) is 0.106. The van der Waals surface area contributed by atoms with Gasteiger partial charge in [-0.25, -0.2) is 4.39 Å². The number of carbonyl (C=O) groups excluding carboxylic acids is 1. The highest BCUT2D eigenvalue weighted by Crippen LogP contribution is 2.15. The molecule has 4 nitrogen and oxygen atoms in total. The molecule has 0 radical (unpaired) electrons. The molecule has 0 unspecified atom stereocenters. The zero-order valence-electron chi connectivity index (χ0n) is 11.9. The first-order chi connectivity index (χ1) is 9.56. The quantitative estimate of drug-likeness (QED) is 0.827. The summed E-state index contributed by atoms with van der Waals surface area (Å²) < 4.78 is 13.0. The predicted octanol–water partition coefficient (Wildman–Crippen LogP) is 1.87. The summed E-state index contributed by atoms with van der Waals surface area (Å²) in [6.07, 6.45) is 2.45. The van der Waals surface area contributed by atoms with Crippen molar-refractivity contribution in [2.45, 2.75) is 19.8 Å². The average molecular weight is 279 g/mol. The van der Waals surface area contributed by atoms with Gasteiger partial charge in [-0.3, -0.25) is 4.79 Å². The molecule has 0 saturated carbocycles. The number of anilines is 1. The lowest BCUT2D eigenvalue weighted by molar-refractivity contribution is 0.0944. The van der Waals surface area contributed by atoms with Crippen molar-refractivity contribution in [3.63, 3.8) is 0 Å².